The lowest BCUT2D eigenvalue weighted by atomic mass is 10.2. The number of aliphatic imine (C=N–C) groups is 4. The second kappa shape index (κ2) is 5.57. The van der Waals surface area contributed by atoms with Crippen molar-refractivity contribution in [1.82, 2.24) is 10.6 Å². The van der Waals surface area contributed by atoms with Crippen molar-refractivity contribution in [2.24, 2.45) is 20.0 Å². The fourth-order valence-electron chi connectivity index (χ4n) is 1.60. The lowest BCUT2D eigenvalue weighted by molar-refractivity contribution is -0.141. The molecule has 0 aromatic carbocycles. The summed E-state index contributed by atoms with van der Waals surface area (Å²) in [6.45, 7) is 1.26. The first-order chi connectivity index (χ1) is 9.49. The number of aliphatic hydroxyl groups excluding tert-OH is 1. The molecular formula is C10H12N6O4. The van der Waals surface area contributed by atoms with E-state index < -0.39 is 30.2 Å². The maximum absolute atomic E-state index is 11.7. The molecule has 2 amide bonds. The average Bonchev–Trinajstić information content (AvgIpc) is 2.84. The Labute approximate surface area is 113 Å². The van der Waals surface area contributed by atoms with Crippen LogP contribution in [0.5, 0.6) is 0 Å². The van der Waals surface area contributed by atoms with Crippen LogP contribution in [0.25, 0.3) is 0 Å². The summed E-state index contributed by atoms with van der Waals surface area (Å²) in [6, 6.07) is -2.83. The Morgan fingerprint density at radius 3 is 2.75 bits per heavy atom. The van der Waals surface area contributed by atoms with Gasteiger partial charge in [0, 0.05) is 0 Å². The number of nitrogens with one attached hydrogen (secondary N) is 2. The van der Waals surface area contributed by atoms with Gasteiger partial charge in [-0.1, -0.05) is 0 Å². The molecule has 10 nitrogen and oxygen atoms in total. The van der Waals surface area contributed by atoms with Gasteiger partial charge in [0.1, 0.15) is 18.5 Å². The van der Waals surface area contributed by atoms with Crippen molar-refractivity contribution >= 4 is 36.3 Å². The zero-order valence-electron chi connectivity index (χ0n) is 10.4. The van der Waals surface area contributed by atoms with Gasteiger partial charge >= 0.3 is 12.0 Å². The molecule has 3 atom stereocenters. The summed E-state index contributed by atoms with van der Waals surface area (Å²) in [6.07, 6.45) is 1.27. The van der Waals surface area contributed by atoms with Gasteiger partial charge in [-0.15, -0.1) is 0 Å². The molecule has 0 saturated carbocycles. The van der Waals surface area contributed by atoms with E-state index in [0.717, 1.165) is 0 Å². The van der Waals surface area contributed by atoms with E-state index in [2.05, 4.69) is 30.6 Å². The number of carboxylic acid groups (broad SMARTS) is 1. The van der Waals surface area contributed by atoms with E-state index in [1.807, 2.05) is 0 Å². The fraction of sp³-hybridized carbons (Fsp3) is 0.400. The van der Waals surface area contributed by atoms with Gasteiger partial charge < -0.3 is 15.5 Å². The number of hydrogen-bond donors (Lipinski definition) is 4. The van der Waals surface area contributed by atoms with Crippen LogP contribution in [-0.4, -0.2) is 64.7 Å². The van der Waals surface area contributed by atoms with Crippen LogP contribution >= 0.6 is 0 Å². The molecule has 0 spiro atoms. The standard InChI is InChI=1S/C10H12N6O4/c1-4(17)5(9(18)19)15-10(20)16-8-6-7(12-2-11-6)13-3-14-8/h2-6,17H,1H3,(H,18,19)(H2,11,12,13,14,15,16,20). The van der Waals surface area contributed by atoms with Gasteiger partial charge in [-0.25, -0.2) is 24.6 Å². The zero-order valence-corrected chi connectivity index (χ0v) is 10.4. The molecule has 0 bridgehead atoms. The smallest absolute Gasteiger partial charge is 0.328 e. The summed E-state index contributed by atoms with van der Waals surface area (Å²) in [7, 11) is 0. The third-order valence-electron chi connectivity index (χ3n) is 2.57. The van der Waals surface area contributed by atoms with Gasteiger partial charge in [-0.05, 0) is 6.92 Å². The Hall–Kier alpha value is -2.62. The molecule has 2 aliphatic heterocycles. The van der Waals surface area contributed by atoms with Gasteiger partial charge in [0.05, 0.1) is 6.10 Å². The number of amidine groups is 2. The Morgan fingerprint density at radius 1 is 1.35 bits per heavy atom. The number of amides is 2. The predicted molar refractivity (Wildman–Crippen MR) is 70.4 cm³/mol. The number of aliphatic hydroxyl groups is 1. The molecule has 0 fully saturated rings. The van der Waals surface area contributed by atoms with E-state index in [-0.39, 0.29) is 5.84 Å². The number of carboxylic acids is 1. The highest BCUT2D eigenvalue weighted by molar-refractivity contribution is 6.22. The molecule has 4 N–H and O–H groups in total. The minimum absolute atomic E-state index is 0.180. The third kappa shape index (κ3) is 2.85. The summed E-state index contributed by atoms with van der Waals surface area (Å²) in [5.74, 6) is -0.774. The summed E-state index contributed by atoms with van der Waals surface area (Å²) < 4.78 is 0. The molecule has 3 unspecified atom stereocenters. The van der Waals surface area contributed by atoms with Crippen LogP contribution in [-0.2, 0) is 4.79 Å². The van der Waals surface area contributed by atoms with Gasteiger partial charge in [0.2, 0.25) is 0 Å². The maximum Gasteiger partial charge on any atom is 0.328 e. The number of fused-ring (bicyclic) bond motifs is 1. The lowest BCUT2D eigenvalue weighted by Gasteiger charge is -2.19. The van der Waals surface area contributed by atoms with Gasteiger partial charge in [0.15, 0.2) is 17.9 Å². The number of urea groups is 1. The molecule has 0 aliphatic carbocycles. The number of rotatable bonds is 3. The molecule has 2 aliphatic rings. The molecule has 2 heterocycles. The largest absolute Gasteiger partial charge is 0.480 e. The van der Waals surface area contributed by atoms with Gasteiger partial charge in [-0.3, -0.25) is 10.3 Å². The van der Waals surface area contributed by atoms with Crippen LogP contribution in [0.2, 0.25) is 0 Å². The molecule has 20 heavy (non-hydrogen) atoms. The Balaban J connectivity index is 2.00. The quantitative estimate of drug-likeness (QED) is 0.491. The summed E-state index contributed by atoms with van der Waals surface area (Å²) >= 11 is 0. The van der Waals surface area contributed by atoms with Crippen molar-refractivity contribution in [3.63, 3.8) is 0 Å². The van der Waals surface area contributed by atoms with Crippen molar-refractivity contribution < 1.29 is 19.8 Å². The van der Waals surface area contributed by atoms with Gasteiger partial charge in [-0.2, -0.15) is 0 Å². The third-order valence-corrected chi connectivity index (χ3v) is 2.57. The average molecular weight is 280 g/mol. The van der Waals surface area contributed by atoms with Crippen molar-refractivity contribution in [3.8, 4) is 0 Å². The molecule has 0 radical (unpaired) electrons. The molecule has 10 heteroatoms. The highest BCUT2D eigenvalue weighted by atomic mass is 16.4. The molecule has 2 rings (SSSR count). The van der Waals surface area contributed by atoms with E-state index >= 15 is 0 Å². The Kier molecular flexibility index (Phi) is 3.84. The molecule has 106 valence electrons. The van der Waals surface area contributed by atoms with Crippen molar-refractivity contribution in [2.45, 2.75) is 25.1 Å². The topological polar surface area (TPSA) is 148 Å². The number of aliphatic carboxylic acids is 1. The maximum atomic E-state index is 11.7. The van der Waals surface area contributed by atoms with Crippen LogP contribution < -0.4 is 10.6 Å². The first-order valence-corrected chi connectivity index (χ1v) is 5.67. The van der Waals surface area contributed by atoms with Crippen LogP contribution in [0.1, 0.15) is 6.92 Å². The summed E-state index contributed by atoms with van der Waals surface area (Å²) in [5, 5.41) is 22.6. The minimum atomic E-state index is -1.42. The normalized spacial score (nSPS) is 22.4. The summed E-state index contributed by atoms with van der Waals surface area (Å²) in [4.78, 5) is 38.1. The van der Waals surface area contributed by atoms with Crippen molar-refractivity contribution in [3.05, 3.63) is 0 Å². The zero-order chi connectivity index (χ0) is 14.7. The summed E-state index contributed by atoms with van der Waals surface area (Å²) in [5.41, 5.74) is 0. The number of carbonyl (C=O) groups is 2. The second-order valence-electron chi connectivity index (χ2n) is 4.07. The highest BCUT2D eigenvalue weighted by Crippen LogP contribution is 2.07. The van der Waals surface area contributed by atoms with Crippen molar-refractivity contribution in [1.29, 1.82) is 0 Å². The molecule has 0 aromatic heterocycles. The lowest BCUT2D eigenvalue weighted by Crippen LogP contribution is -2.54. The van der Waals surface area contributed by atoms with Crippen LogP contribution in [0.3, 0.4) is 0 Å². The van der Waals surface area contributed by atoms with Crippen LogP contribution in [0.4, 0.5) is 4.79 Å². The van der Waals surface area contributed by atoms with E-state index in [1.165, 1.54) is 19.6 Å². The number of nitrogens with zero attached hydrogens (tertiary/aromatic N) is 4. The Bertz CT molecular complexity index is 550. The minimum Gasteiger partial charge on any atom is -0.480 e. The van der Waals surface area contributed by atoms with E-state index in [4.69, 9.17) is 5.11 Å². The SMILES string of the molecule is CC(O)C(NC(=O)NC1=NC=NC2=NC=NC21)C(=O)O. The number of carbonyl (C=O) groups excluding carboxylic acids is 1. The van der Waals surface area contributed by atoms with Crippen molar-refractivity contribution in [2.75, 3.05) is 0 Å². The van der Waals surface area contributed by atoms with Crippen LogP contribution in [0, 0.1) is 0 Å². The van der Waals surface area contributed by atoms with E-state index in [0.29, 0.717) is 5.84 Å². The highest BCUT2D eigenvalue weighted by Gasteiger charge is 2.30. The first kappa shape index (κ1) is 13.8. The molecule has 0 aromatic rings. The predicted octanol–water partition coefficient (Wildman–Crippen LogP) is -1.63. The van der Waals surface area contributed by atoms with E-state index in [1.54, 1.807) is 0 Å². The van der Waals surface area contributed by atoms with E-state index in [9.17, 15) is 14.7 Å². The van der Waals surface area contributed by atoms with Gasteiger partial charge in [0.25, 0.3) is 0 Å². The Morgan fingerprint density at radius 2 is 2.10 bits per heavy atom. The first-order valence-electron chi connectivity index (χ1n) is 5.67. The molecular weight excluding hydrogens is 268 g/mol. The monoisotopic (exact) mass is 280 g/mol. The van der Waals surface area contributed by atoms with Crippen LogP contribution in [0.15, 0.2) is 20.0 Å². The fourth-order valence-corrected chi connectivity index (χ4v) is 1.60. The molecule has 0 saturated heterocycles. The number of hydrogen-bond acceptors (Lipinski definition) is 7. The second-order valence-corrected chi connectivity index (χ2v) is 4.07.